The van der Waals surface area contributed by atoms with Gasteiger partial charge in [-0.3, -0.25) is 0 Å². The predicted octanol–water partition coefficient (Wildman–Crippen LogP) is 5.90. The van der Waals surface area contributed by atoms with E-state index >= 15 is 0 Å². The lowest BCUT2D eigenvalue weighted by atomic mass is 9.82. The SMILES string of the molecule is CC1CCC2(CC1)Oc1ccccc1[C@@H]1CC(c3ccc(Br)cc3)=NN12. The molecule has 4 heteroatoms. The first-order valence-corrected chi connectivity index (χ1v) is 10.3. The van der Waals surface area contributed by atoms with Gasteiger partial charge in [0.2, 0.25) is 0 Å². The number of para-hydroxylation sites is 1. The number of nitrogens with zero attached hydrogens (tertiary/aromatic N) is 2. The van der Waals surface area contributed by atoms with Gasteiger partial charge >= 0.3 is 0 Å². The summed E-state index contributed by atoms with van der Waals surface area (Å²) in [4.78, 5) is 0. The van der Waals surface area contributed by atoms with E-state index in [9.17, 15) is 0 Å². The molecule has 1 spiro atoms. The molecule has 2 aromatic rings. The molecule has 3 nitrogen and oxygen atoms in total. The summed E-state index contributed by atoms with van der Waals surface area (Å²) in [6.07, 6.45) is 5.45. The van der Waals surface area contributed by atoms with Crippen LogP contribution in [0.15, 0.2) is 58.1 Å². The maximum atomic E-state index is 6.64. The van der Waals surface area contributed by atoms with E-state index in [2.05, 4.69) is 76.4 Å². The Morgan fingerprint density at radius 1 is 1.08 bits per heavy atom. The van der Waals surface area contributed by atoms with Gasteiger partial charge in [-0.25, -0.2) is 5.01 Å². The van der Waals surface area contributed by atoms with Gasteiger partial charge in [0.05, 0.1) is 11.8 Å². The van der Waals surface area contributed by atoms with Gasteiger partial charge in [-0.05, 0) is 42.5 Å². The number of halogens is 1. The van der Waals surface area contributed by atoms with E-state index in [1.807, 2.05) is 0 Å². The van der Waals surface area contributed by atoms with Gasteiger partial charge in [-0.1, -0.05) is 53.2 Å². The third-order valence-electron chi connectivity index (χ3n) is 6.14. The van der Waals surface area contributed by atoms with Crippen molar-refractivity contribution in [1.29, 1.82) is 0 Å². The Hall–Kier alpha value is -1.81. The maximum absolute atomic E-state index is 6.64. The molecule has 0 unspecified atom stereocenters. The molecule has 0 amide bonds. The van der Waals surface area contributed by atoms with Crippen LogP contribution in [-0.4, -0.2) is 16.4 Å². The van der Waals surface area contributed by atoms with Crippen molar-refractivity contribution in [3.63, 3.8) is 0 Å². The van der Waals surface area contributed by atoms with E-state index in [0.717, 1.165) is 35.4 Å². The molecule has 1 saturated carbocycles. The van der Waals surface area contributed by atoms with Crippen molar-refractivity contribution in [2.45, 2.75) is 50.8 Å². The zero-order valence-corrected chi connectivity index (χ0v) is 16.6. The largest absolute Gasteiger partial charge is 0.466 e. The molecule has 0 bridgehead atoms. The third-order valence-corrected chi connectivity index (χ3v) is 6.67. The molecule has 1 atom stereocenters. The standard InChI is InChI=1S/C22H23BrN2O/c1-15-10-12-22(13-11-15)25-20(18-4-2-3-5-21(18)26-22)14-19(24-25)16-6-8-17(23)9-7-16/h2-9,15,20H,10-14H2,1H3/t15?,20-,22?/m0/s1. The average Bonchev–Trinajstić information content (AvgIpc) is 3.12. The number of hydrogen-bond acceptors (Lipinski definition) is 3. The van der Waals surface area contributed by atoms with E-state index < -0.39 is 0 Å². The fourth-order valence-electron chi connectivity index (χ4n) is 4.59. The van der Waals surface area contributed by atoms with E-state index in [4.69, 9.17) is 9.84 Å². The number of hydrazone groups is 1. The van der Waals surface area contributed by atoms with Gasteiger partial charge in [0.15, 0.2) is 5.72 Å². The van der Waals surface area contributed by atoms with Crippen molar-refractivity contribution in [1.82, 2.24) is 5.01 Å². The maximum Gasteiger partial charge on any atom is 0.198 e. The van der Waals surface area contributed by atoms with Crippen LogP contribution >= 0.6 is 15.9 Å². The van der Waals surface area contributed by atoms with Gasteiger partial charge in [-0.2, -0.15) is 5.10 Å². The number of ether oxygens (including phenoxy) is 1. The summed E-state index contributed by atoms with van der Waals surface area (Å²) in [5, 5.41) is 7.42. The average molecular weight is 411 g/mol. The second kappa shape index (κ2) is 6.12. The zero-order chi connectivity index (χ0) is 17.7. The van der Waals surface area contributed by atoms with Crippen LogP contribution in [-0.2, 0) is 0 Å². The minimum atomic E-state index is -0.275. The van der Waals surface area contributed by atoms with Crippen LogP contribution < -0.4 is 4.74 Å². The van der Waals surface area contributed by atoms with Crippen LogP contribution in [0.2, 0.25) is 0 Å². The van der Waals surface area contributed by atoms with Crippen molar-refractivity contribution in [3.8, 4) is 5.75 Å². The highest BCUT2D eigenvalue weighted by Crippen LogP contribution is 2.51. The normalized spacial score (nSPS) is 29.8. The van der Waals surface area contributed by atoms with Crippen LogP contribution in [0, 0.1) is 5.92 Å². The Kier molecular flexibility index (Phi) is 3.85. The van der Waals surface area contributed by atoms with Crippen LogP contribution in [0.4, 0.5) is 0 Å². The summed E-state index contributed by atoms with van der Waals surface area (Å²) in [6, 6.07) is 17.3. The topological polar surface area (TPSA) is 24.8 Å². The summed E-state index contributed by atoms with van der Waals surface area (Å²) in [5.74, 6) is 1.83. The molecule has 2 aromatic carbocycles. The van der Waals surface area contributed by atoms with Gasteiger partial charge in [0, 0.05) is 29.3 Å². The third kappa shape index (κ3) is 2.58. The fourth-order valence-corrected chi connectivity index (χ4v) is 4.85. The molecule has 0 N–H and O–H groups in total. The number of hydrogen-bond donors (Lipinski definition) is 0. The Bertz CT molecular complexity index is 853. The molecule has 2 aliphatic heterocycles. The first kappa shape index (κ1) is 16.4. The Morgan fingerprint density at radius 2 is 1.81 bits per heavy atom. The Labute approximate surface area is 163 Å². The van der Waals surface area contributed by atoms with Crippen molar-refractivity contribution in [2.24, 2.45) is 11.0 Å². The fraction of sp³-hybridized carbons (Fsp3) is 0.409. The molecule has 1 fully saturated rings. The lowest BCUT2D eigenvalue weighted by Crippen LogP contribution is -2.55. The Morgan fingerprint density at radius 3 is 2.58 bits per heavy atom. The van der Waals surface area contributed by atoms with Crippen LogP contribution in [0.5, 0.6) is 5.75 Å². The van der Waals surface area contributed by atoms with E-state index in [0.29, 0.717) is 0 Å². The van der Waals surface area contributed by atoms with Gasteiger partial charge in [-0.15, -0.1) is 0 Å². The van der Waals surface area contributed by atoms with E-state index in [-0.39, 0.29) is 11.8 Å². The van der Waals surface area contributed by atoms with Crippen molar-refractivity contribution in [3.05, 3.63) is 64.1 Å². The number of fused-ring (bicyclic) bond motifs is 4. The molecule has 0 aromatic heterocycles. The lowest BCUT2D eigenvalue weighted by molar-refractivity contribution is -0.145. The predicted molar refractivity (Wildman–Crippen MR) is 107 cm³/mol. The first-order valence-electron chi connectivity index (χ1n) is 9.55. The molecule has 0 saturated heterocycles. The number of benzene rings is 2. The molecule has 5 rings (SSSR count). The molecule has 0 radical (unpaired) electrons. The minimum absolute atomic E-state index is 0.275. The van der Waals surface area contributed by atoms with E-state index in [1.54, 1.807) is 0 Å². The van der Waals surface area contributed by atoms with Gasteiger partial charge in [0.1, 0.15) is 5.75 Å². The van der Waals surface area contributed by atoms with Gasteiger partial charge in [0.25, 0.3) is 0 Å². The molecule has 134 valence electrons. The molecule has 3 aliphatic rings. The van der Waals surface area contributed by atoms with Crippen LogP contribution in [0.25, 0.3) is 0 Å². The van der Waals surface area contributed by atoms with E-state index in [1.165, 1.54) is 29.7 Å². The molecule has 2 heterocycles. The number of rotatable bonds is 1. The smallest absolute Gasteiger partial charge is 0.198 e. The molecular formula is C22H23BrN2O. The van der Waals surface area contributed by atoms with Crippen LogP contribution in [0.1, 0.15) is 56.2 Å². The summed E-state index contributed by atoms with van der Waals surface area (Å²) < 4.78 is 7.74. The van der Waals surface area contributed by atoms with Gasteiger partial charge < -0.3 is 4.74 Å². The van der Waals surface area contributed by atoms with Crippen molar-refractivity contribution < 1.29 is 4.74 Å². The highest BCUT2D eigenvalue weighted by atomic mass is 79.9. The zero-order valence-electron chi connectivity index (χ0n) is 15.0. The van der Waals surface area contributed by atoms with Crippen molar-refractivity contribution in [2.75, 3.05) is 0 Å². The summed E-state index contributed by atoms with van der Waals surface area (Å²) in [7, 11) is 0. The highest BCUT2D eigenvalue weighted by molar-refractivity contribution is 9.10. The minimum Gasteiger partial charge on any atom is -0.466 e. The monoisotopic (exact) mass is 410 g/mol. The molecular weight excluding hydrogens is 388 g/mol. The van der Waals surface area contributed by atoms with Crippen molar-refractivity contribution >= 4 is 21.6 Å². The molecule has 1 aliphatic carbocycles. The second-order valence-electron chi connectivity index (χ2n) is 7.89. The quantitative estimate of drug-likeness (QED) is 0.584. The molecule has 26 heavy (non-hydrogen) atoms. The summed E-state index contributed by atoms with van der Waals surface area (Å²) in [6.45, 7) is 2.35. The highest BCUT2D eigenvalue weighted by Gasteiger charge is 2.51. The van der Waals surface area contributed by atoms with Crippen LogP contribution in [0.3, 0.4) is 0 Å². The second-order valence-corrected chi connectivity index (χ2v) is 8.80. The lowest BCUT2D eigenvalue weighted by Gasteiger charge is -2.50. The Balaban J connectivity index is 1.57. The summed E-state index contributed by atoms with van der Waals surface area (Å²) in [5.41, 5.74) is 3.37. The summed E-state index contributed by atoms with van der Waals surface area (Å²) >= 11 is 3.53. The first-order chi connectivity index (χ1) is 12.6.